The predicted molar refractivity (Wildman–Crippen MR) is 109 cm³/mol. The van der Waals surface area contributed by atoms with Gasteiger partial charge in [-0.05, 0) is 44.0 Å². The minimum absolute atomic E-state index is 0. The van der Waals surface area contributed by atoms with Crippen molar-refractivity contribution >= 4 is 28.3 Å². The molecule has 0 aliphatic heterocycles. The Balaban J connectivity index is 0.00000364. The van der Waals surface area contributed by atoms with Crippen LogP contribution in [0.25, 0.3) is 0 Å². The molecule has 0 aliphatic rings. The third kappa shape index (κ3) is 6.95. The number of sulfonamides is 1. The van der Waals surface area contributed by atoms with Gasteiger partial charge in [0, 0.05) is 24.2 Å². The molecular weight excluding hydrogens is 386 g/mol. The number of benzene rings is 2. The van der Waals surface area contributed by atoms with E-state index in [0.717, 1.165) is 5.56 Å². The second kappa shape index (κ2) is 10.4. The van der Waals surface area contributed by atoms with Crippen molar-refractivity contribution < 1.29 is 13.2 Å². The van der Waals surface area contributed by atoms with Gasteiger partial charge in [0.25, 0.3) is 5.91 Å². The van der Waals surface area contributed by atoms with Gasteiger partial charge in [-0.1, -0.05) is 36.4 Å². The molecule has 6 nitrogen and oxygen atoms in total. The van der Waals surface area contributed by atoms with E-state index in [9.17, 15) is 13.2 Å². The van der Waals surface area contributed by atoms with Crippen LogP contribution in [0.15, 0.2) is 59.5 Å². The molecule has 8 heteroatoms. The average Bonchev–Trinajstić information content (AvgIpc) is 2.62. The molecule has 0 fully saturated rings. The van der Waals surface area contributed by atoms with Crippen molar-refractivity contribution in [3.63, 3.8) is 0 Å². The van der Waals surface area contributed by atoms with Crippen LogP contribution in [0.3, 0.4) is 0 Å². The number of halogens is 1. The lowest BCUT2D eigenvalue weighted by molar-refractivity contribution is 0.0952. The van der Waals surface area contributed by atoms with Gasteiger partial charge in [-0.2, -0.15) is 0 Å². The molecule has 0 radical (unpaired) electrons. The SMILES string of the molecule is CC(N)CCNC(=O)c1cccc(S(=O)(=O)NC(C)c2ccccc2)c1.Cl. The van der Waals surface area contributed by atoms with Gasteiger partial charge < -0.3 is 11.1 Å². The summed E-state index contributed by atoms with van der Waals surface area (Å²) in [6.45, 7) is 4.08. The number of carbonyl (C=O) groups excluding carboxylic acids is 1. The summed E-state index contributed by atoms with van der Waals surface area (Å²) in [5.41, 5.74) is 6.81. The zero-order chi connectivity index (χ0) is 19.2. The van der Waals surface area contributed by atoms with Crippen molar-refractivity contribution in [3.8, 4) is 0 Å². The Bertz CT molecular complexity index is 842. The summed E-state index contributed by atoms with van der Waals surface area (Å²) in [5, 5.41) is 2.74. The lowest BCUT2D eigenvalue weighted by Crippen LogP contribution is -2.29. The zero-order valence-corrected chi connectivity index (χ0v) is 17.0. The van der Waals surface area contributed by atoms with E-state index in [0.29, 0.717) is 18.5 Å². The molecule has 0 aromatic heterocycles. The standard InChI is InChI=1S/C19H25N3O3S.ClH/c1-14(20)11-12-21-19(23)17-9-6-10-18(13-17)26(24,25)22-15(2)16-7-4-3-5-8-16;/h3-10,13-15,22H,11-12,20H2,1-2H3,(H,21,23);1H. The number of carbonyl (C=O) groups is 1. The maximum absolute atomic E-state index is 12.6. The molecule has 0 aliphatic carbocycles. The van der Waals surface area contributed by atoms with Gasteiger partial charge in [-0.15, -0.1) is 12.4 Å². The van der Waals surface area contributed by atoms with Crippen LogP contribution < -0.4 is 15.8 Å². The van der Waals surface area contributed by atoms with Crippen LogP contribution in [-0.2, 0) is 10.0 Å². The van der Waals surface area contributed by atoms with Crippen LogP contribution in [0, 0.1) is 0 Å². The van der Waals surface area contributed by atoms with Crippen LogP contribution >= 0.6 is 12.4 Å². The first kappa shape index (κ1) is 23.1. The van der Waals surface area contributed by atoms with Crippen molar-refractivity contribution in [3.05, 3.63) is 65.7 Å². The first-order chi connectivity index (χ1) is 12.3. The third-order valence-corrected chi connectivity index (χ3v) is 5.46. The maximum Gasteiger partial charge on any atom is 0.251 e. The molecule has 2 aromatic carbocycles. The molecule has 2 rings (SSSR count). The Kier molecular flexibility index (Phi) is 8.92. The average molecular weight is 412 g/mol. The van der Waals surface area contributed by atoms with E-state index in [1.807, 2.05) is 37.3 Å². The fourth-order valence-electron chi connectivity index (χ4n) is 2.43. The third-order valence-electron chi connectivity index (χ3n) is 3.92. The second-order valence-electron chi connectivity index (χ2n) is 6.30. The van der Waals surface area contributed by atoms with Crippen molar-refractivity contribution in [1.82, 2.24) is 10.0 Å². The highest BCUT2D eigenvalue weighted by Gasteiger charge is 2.19. The first-order valence-corrected chi connectivity index (χ1v) is 9.99. The Hall–Kier alpha value is -1.93. The fourth-order valence-corrected chi connectivity index (χ4v) is 3.71. The molecule has 4 N–H and O–H groups in total. The van der Waals surface area contributed by atoms with E-state index in [4.69, 9.17) is 5.73 Å². The smallest absolute Gasteiger partial charge is 0.251 e. The van der Waals surface area contributed by atoms with Gasteiger partial charge in [0.15, 0.2) is 0 Å². The van der Waals surface area contributed by atoms with Crippen LogP contribution in [0.2, 0.25) is 0 Å². The Morgan fingerprint density at radius 2 is 1.74 bits per heavy atom. The predicted octanol–water partition coefficient (Wildman–Crippen LogP) is 2.62. The van der Waals surface area contributed by atoms with E-state index >= 15 is 0 Å². The zero-order valence-electron chi connectivity index (χ0n) is 15.4. The molecule has 0 saturated carbocycles. The molecule has 2 atom stereocenters. The minimum Gasteiger partial charge on any atom is -0.352 e. The Labute approximate surface area is 167 Å². The van der Waals surface area contributed by atoms with E-state index in [1.54, 1.807) is 19.1 Å². The highest BCUT2D eigenvalue weighted by molar-refractivity contribution is 7.89. The molecule has 27 heavy (non-hydrogen) atoms. The molecule has 0 heterocycles. The van der Waals surface area contributed by atoms with Gasteiger partial charge in [0.2, 0.25) is 10.0 Å². The highest BCUT2D eigenvalue weighted by Crippen LogP contribution is 2.17. The second-order valence-corrected chi connectivity index (χ2v) is 8.02. The van der Waals surface area contributed by atoms with E-state index in [1.165, 1.54) is 12.1 Å². The molecule has 2 unspecified atom stereocenters. The number of amides is 1. The summed E-state index contributed by atoms with van der Waals surface area (Å²) < 4.78 is 27.9. The largest absolute Gasteiger partial charge is 0.352 e. The van der Waals surface area contributed by atoms with Gasteiger partial charge in [-0.3, -0.25) is 4.79 Å². The van der Waals surface area contributed by atoms with Crippen LogP contribution in [0.5, 0.6) is 0 Å². The number of hydrogen-bond acceptors (Lipinski definition) is 4. The number of rotatable bonds is 8. The summed E-state index contributed by atoms with van der Waals surface area (Å²) in [4.78, 5) is 12.2. The van der Waals surface area contributed by atoms with E-state index < -0.39 is 10.0 Å². The topological polar surface area (TPSA) is 101 Å². The number of hydrogen-bond donors (Lipinski definition) is 3. The number of nitrogens with two attached hydrogens (primary N) is 1. The van der Waals surface area contributed by atoms with Gasteiger partial charge in [0.05, 0.1) is 4.90 Å². The van der Waals surface area contributed by atoms with Crippen molar-refractivity contribution in [2.45, 2.75) is 37.2 Å². The molecule has 148 valence electrons. The van der Waals surface area contributed by atoms with Crippen LogP contribution in [0.1, 0.15) is 42.2 Å². The fraction of sp³-hybridized carbons (Fsp3) is 0.316. The molecule has 1 amide bonds. The molecule has 0 saturated heterocycles. The molecule has 0 bridgehead atoms. The normalized spacial score (nSPS) is 13.3. The van der Waals surface area contributed by atoms with E-state index in [-0.39, 0.29) is 35.3 Å². The van der Waals surface area contributed by atoms with Crippen LogP contribution in [0.4, 0.5) is 0 Å². The van der Waals surface area contributed by atoms with Gasteiger partial charge in [0.1, 0.15) is 0 Å². The maximum atomic E-state index is 12.6. The monoisotopic (exact) mass is 411 g/mol. The highest BCUT2D eigenvalue weighted by atomic mass is 35.5. The van der Waals surface area contributed by atoms with Gasteiger partial charge in [-0.25, -0.2) is 13.1 Å². The van der Waals surface area contributed by atoms with Crippen molar-refractivity contribution in [1.29, 1.82) is 0 Å². The Morgan fingerprint density at radius 3 is 2.37 bits per heavy atom. The summed E-state index contributed by atoms with van der Waals surface area (Å²) in [7, 11) is -3.75. The molecular formula is C19H26ClN3O3S. The quantitative estimate of drug-likeness (QED) is 0.621. The Morgan fingerprint density at radius 1 is 1.07 bits per heavy atom. The minimum atomic E-state index is -3.75. The van der Waals surface area contributed by atoms with Crippen molar-refractivity contribution in [2.75, 3.05) is 6.54 Å². The van der Waals surface area contributed by atoms with Gasteiger partial charge >= 0.3 is 0 Å². The lowest BCUT2D eigenvalue weighted by Gasteiger charge is -2.15. The molecule has 0 spiro atoms. The summed E-state index contributed by atoms with van der Waals surface area (Å²) in [6, 6.07) is 14.9. The molecule has 2 aromatic rings. The van der Waals surface area contributed by atoms with Crippen molar-refractivity contribution in [2.24, 2.45) is 5.73 Å². The number of nitrogens with one attached hydrogen (secondary N) is 2. The van der Waals surface area contributed by atoms with E-state index in [2.05, 4.69) is 10.0 Å². The lowest BCUT2D eigenvalue weighted by atomic mass is 10.1. The summed E-state index contributed by atoms with van der Waals surface area (Å²) in [5.74, 6) is -0.321. The van der Waals surface area contributed by atoms with Crippen LogP contribution in [-0.4, -0.2) is 26.9 Å². The first-order valence-electron chi connectivity index (χ1n) is 8.50. The summed E-state index contributed by atoms with van der Waals surface area (Å²) >= 11 is 0. The summed E-state index contributed by atoms with van der Waals surface area (Å²) in [6.07, 6.45) is 0.653.